The van der Waals surface area contributed by atoms with Crippen molar-refractivity contribution in [1.82, 2.24) is 0 Å². The molecule has 8 heteroatoms. The molecule has 43 heavy (non-hydrogen) atoms. The number of alkyl halides is 3. The molecule has 0 atom stereocenters. The molecular formula is C35H48F3O3SSb. The SMILES string of the molecule is O=S(=O)([O-])C(F)(F)F.[SbH3+][CH2]CCCCCCCCCCCCCCC(c1ccccc1)(c1ccccc1)c1ccccc1. The van der Waals surface area contributed by atoms with Crippen molar-refractivity contribution in [3.8, 4) is 0 Å². The molecule has 0 saturated carbocycles. The first-order chi connectivity index (χ1) is 20.6. The first kappa shape index (κ1) is 37.4. The Morgan fingerprint density at radius 3 is 1.02 bits per heavy atom. The topological polar surface area (TPSA) is 57.2 Å². The second kappa shape index (κ2) is 20.3. The minimum atomic E-state index is -6.09. The van der Waals surface area contributed by atoms with Crippen LogP contribution in [0.5, 0.6) is 0 Å². The smallest absolute Gasteiger partial charge is 0.0622 e. The second-order valence-electron chi connectivity index (χ2n) is 11.1. The predicted molar refractivity (Wildman–Crippen MR) is 174 cm³/mol. The Balaban J connectivity index is 0.000000708. The molecule has 0 amide bonds. The van der Waals surface area contributed by atoms with Crippen molar-refractivity contribution in [2.45, 2.75) is 105 Å². The van der Waals surface area contributed by atoms with Gasteiger partial charge in [0.15, 0.2) is 10.1 Å². The molecule has 0 saturated heterocycles. The van der Waals surface area contributed by atoms with Crippen LogP contribution in [0.2, 0.25) is 4.37 Å². The third-order valence-electron chi connectivity index (χ3n) is 7.89. The van der Waals surface area contributed by atoms with Crippen LogP contribution in [-0.2, 0) is 15.5 Å². The third kappa shape index (κ3) is 13.4. The van der Waals surface area contributed by atoms with Crippen molar-refractivity contribution in [3.05, 3.63) is 108 Å². The van der Waals surface area contributed by atoms with Gasteiger partial charge in [0.2, 0.25) is 0 Å². The van der Waals surface area contributed by atoms with Crippen molar-refractivity contribution in [2.75, 3.05) is 0 Å². The molecule has 0 aromatic heterocycles. The summed E-state index contributed by atoms with van der Waals surface area (Å²) in [7, 11) is -6.09. The van der Waals surface area contributed by atoms with Crippen LogP contribution in [0.4, 0.5) is 13.2 Å². The third-order valence-corrected chi connectivity index (χ3v) is 9.88. The quantitative estimate of drug-likeness (QED) is 0.0432. The molecular weight excluding hydrogens is 679 g/mol. The summed E-state index contributed by atoms with van der Waals surface area (Å²) >= 11 is 1.19. The molecule has 0 aliphatic rings. The normalized spacial score (nSPS) is 12.1. The van der Waals surface area contributed by atoms with E-state index in [0.29, 0.717) is 0 Å². The van der Waals surface area contributed by atoms with Gasteiger partial charge >= 0.3 is 104 Å². The Hall–Kier alpha value is -1.82. The van der Waals surface area contributed by atoms with Gasteiger partial charge in [0, 0.05) is 5.41 Å². The van der Waals surface area contributed by atoms with Crippen LogP contribution in [0.3, 0.4) is 0 Å². The van der Waals surface area contributed by atoms with Crippen molar-refractivity contribution in [3.63, 3.8) is 0 Å². The van der Waals surface area contributed by atoms with Gasteiger partial charge in [-0.05, 0) is 23.1 Å². The summed E-state index contributed by atoms with van der Waals surface area (Å²) in [6.45, 7) is 0. The van der Waals surface area contributed by atoms with Gasteiger partial charge in [-0.1, -0.05) is 104 Å². The Morgan fingerprint density at radius 2 is 0.767 bits per heavy atom. The molecule has 0 aliphatic carbocycles. The standard InChI is InChI=1S/C34H45.CHF3O3S.Sb.3H/c1-2-3-4-5-6-7-8-9-10-11-12-13-23-30-34(31-24-17-14-18-25-31,32-26-19-15-20-27-32)33-28-21-16-22-29-33;2-1(3,4)8(5,6)7;;;;/h14-22,24-29H,1-13,23,30H2;(H,5,6,7);;;;/q;;+1;;;/p-1. The van der Waals surface area contributed by atoms with E-state index in [2.05, 4.69) is 91.0 Å². The Labute approximate surface area is 270 Å². The van der Waals surface area contributed by atoms with Gasteiger partial charge in [0.1, 0.15) is 0 Å². The first-order valence-electron chi connectivity index (χ1n) is 15.6. The van der Waals surface area contributed by atoms with Gasteiger partial charge in [-0.3, -0.25) is 0 Å². The number of unbranched alkanes of at least 4 members (excludes halogenated alkanes) is 12. The molecule has 3 aromatic rings. The van der Waals surface area contributed by atoms with Gasteiger partial charge < -0.3 is 4.55 Å². The van der Waals surface area contributed by atoms with Crippen molar-refractivity contribution in [2.24, 2.45) is 0 Å². The van der Waals surface area contributed by atoms with E-state index in [1.807, 2.05) is 0 Å². The Bertz CT molecular complexity index is 1120. The van der Waals surface area contributed by atoms with E-state index < -0.39 is 15.6 Å². The minimum absolute atomic E-state index is 0.0801. The fourth-order valence-electron chi connectivity index (χ4n) is 5.61. The van der Waals surface area contributed by atoms with E-state index in [4.69, 9.17) is 13.0 Å². The maximum atomic E-state index is 10.7. The first-order valence-corrected chi connectivity index (χ1v) is 19.9. The van der Waals surface area contributed by atoms with Crippen LogP contribution < -0.4 is 0 Å². The van der Waals surface area contributed by atoms with E-state index in [9.17, 15) is 13.2 Å². The monoisotopic (exact) mass is 726 g/mol. The van der Waals surface area contributed by atoms with Crippen molar-refractivity contribution in [1.29, 1.82) is 0 Å². The summed E-state index contributed by atoms with van der Waals surface area (Å²) in [6.07, 6.45) is 19.7. The summed E-state index contributed by atoms with van der Waals surface area (Å²) in [4.78, 5) is 0. The van der Waals surface area contributed by atoms with Crippen LogP contribution in [0.1, 0.15) is 107 Å². The summed E-state index contributed by atoms with van der Waals surface area (Å²) in [6, 6.07) is 33.5. The average Bonchev–Trinajstić information content (AvgIpc) is 3.00. The van der Waals surface area contributed by atoms with Crippen LogP contribution in [0.25, 0.3) is 0 Å². The van der Waals surface area contributed by atoms with Gasteiger partial charge in [-0.25, -0.2) is 8.42 Å². The maximum absolute atomic E-state index is 10.7. The average molecular weight is 728 g/mol. The van der Waals surface area contributed by atoms with E-state index >= 15 is 0 Å². The molecule has 0 N–H and O–H groups in total. The van der Waals surface area contributed by atoms with Crippen LogP contribution >= 0.6 is 0 Å². The van der Waals surface area contributed by atoms with Crippen LogP contribution in [0.15, 0.2) is 91.0 Å². The molecule has 0 fully saturated rings. The zero-order valence-electron chi connectivity index (χ0n) is 25.2. The number of halogens is 3. The number of hydrogen-bond donors (Lipinski definition) is 0. The van der Waals surface area contributed by atoms with Crippen LogP contribution in [-0.4, -0.2) is 41.5 Å². The number of benzene rings is 3. The molecule has 3 nitrogen and oxygen atoms in total. The molecule has 0 aliphatic heterocycles. The fourth-order valence-corrected chi connectivity index (χ4v) is 6.62. The van der Waals surface area contributed by atoms with E-state index in [-0.39, 0.29) is 5.41 Å². The molecule has 0 heterocycles. The summed E-state index contributed by atoms with van der Waals surface area (Å²) < 4.78 is 60.4. The van der Waals surface area contributed by atoms with Crippen molar-refractivity contribution < 1.29 is 26.1 Å². The molecule has 0 radical (unpaired) electrons. The van der Waals surface area contributed by atoms with Gasteiger partial charge in [0.25, 0.3) is 0 Å². The van der Waals surface area contributed by atoms with Crippen molar-refractivity contribution >= 4 is 33.1 Å². The van der Waals surface area contributed by atoms with Gasteiger partial charge in [-0.2, -0.15) is 13.2 Å². The van der Waals surface area contributed by atoms with Crippen LogP contribution in [0, 0.1) is 0 Å². The zero-order valence-corrected chi connectivity index (χ0v) is 30.1. The minimum Gasteiger partial charge on any atom is -0.0622 e. The molecule has 0 spiro atoms. The second-order valence-corrected chi connectivity index (χ2v) is 14.5. The summed E-state index contributed by atoms with van der Waals surface area (Å²) in [5.74, 6) is 0. The predicted octanol–water partition coefficient (Wildman–Crippen LogP) is 9.32. The summed E-state index contributed by atoms with van der Waals surface area (Å²) in [5.41, 5.74) is -1.49. The van der Waals surface area contributed by atoms with Gasteiger partial charge in [-0.15, -0.1) is 0 Å². The van der Waals surface area contributed by atoms with E-state index in [1.165, 1.54) is 128 Å². The van der Waals surface area contributed by atoms with Gasteiger partial charge in [0.05, 0.1) is 0 Å². The van der Waals surface area contributed by atoms with E-state index in [1.54, 1.807) is 0 Å². The molecule has 3 aromatic carbocycles. The zero-order chi connectivity index (χ0) is 31.4. The Kier molecular flexibility index (Phi) is 17.6. The van der Waals surface area contributed by atoms with E-state index in [0.717, 1.165) is 6.42 Å². The number of rotatable bonds is 18. The number of hydrogen-bond acceptors (Lipinski definition) is 3. The molecule has 0 unspecified atom stereocenters. The Morgan fingerprint density at radius 1 is 0.512 bits per heavy atom. The fraction of sp³-hybridized carbons (Fsp3) is 0.486. The molecule has 3 rings (SSSR count). The summed E-state index contributed by atoms with van der Waals surface area (Å²) in [5, 5.41) is 0. The molecule has 238 valence electrons. The molecule has 0 bridgehead atoms.